The van der Waals surface area contributed by atoms with E-state index in [1.165, 1.54) is 5.56 Å². The maximum atomic E-state index is 6.23. The Morgan fingerprint density at radius 1 is 1.65 bits per heavy atom. The van der Waals surface area contributed by atoms with Crippen LogP contribution in [0.1, 0.15) is 23.0 Å². The van der Waals surface area contributed by atoms with Crippen LogP contribution in [-0.2, 0) is 13.5 Å². The molecule has 0 amide bonds. The van der Waals surface area contributed by atoms with Crippen molar-refractivity contribution in [2.24, 2.45) is 12.9 Å². The summed E-state index contributed by atoms with van der Waals surface area (Å²) < 4.78 is 1.81. The van der Waals surface area contributed by atoms with Gasteiger partial charge >= 0.3 is 0 Å². The number of nitrogens with two attached hydrogens (primary N) is 1. The molecule has 0 aliphatic carbocycles. The van der Waals surface area contributed by atoms with Crippen LogP contribution in [0.25, 0.3) is 0 Å². The van der Waals surface area contributed by atoms with Crippen LogP contribution in [-0.4, -0.2) is 9.78 Å². The molecular formula is C11H15ClN4S. The highest BCUT2D eigenvalue weighted by Gasteiger charge is 2.17. The Hall–Kier alpha value is -0.880. The number of nitrogens with one attached hydrogen (secondary N) is 1. The fourth-order valence-corrected chi connectivity index (χ4v) is 2.79. The number of hydrogen-bond donors (Lipinski definition) is 2. The lowest BCUT2D eigenvalue weighted by molar-refractivity contribution is 0.531. The number of hydrogen-bond acceptors (Lipinski definition) is 4. The zero-order valence-electron chi connectivity index (χ0n) is 9.77. The first-order chi connectivity index (χ1) is 8.13. The number of halogens is 1. The summed E-state index contributed by atoms with van der Waals surface area (Å²) in [5, 5.41) is 9.15. The topological polar surface area (TPSA) is 55.9 Å². The van der Waals surface area contributed by atoms with Gasteiger partial charge in [0.05, 0.1) is 22.5 Å². The van der Waals surface area contributed by atoms with E-state index in [2.05, 4.69) is 22.0 Å². The highest BCUT2D eigenvalue weighted by molar-refractivity contribution is 7.07. The molecule has 0 radical (unpaired) electrons. The molecule has 2 heterocycles. The molecule has 3 N–H and O–H groups in total. The van der Waals surface area contributed by atoms with Gasteiger partial charge in [0.15, 0.2) is 0 Å². The van der Waals surface area contributed by atoms with Crippen LogP contribution in [0, 0.1) is 6.92 Å². The van der Waals surface area contributed by atoms with E-state index < -0.39 is 0 Å². The van der Waals surface area contributed by atoms with E-state index in [9.17, 15) is 0 Å². The van der Waals surface area contributed by atoms with Crippen molar-refractivity contribution in [3.05, 3.63) is 38.8 Å². The van der Waals surface area contributed by atoms with Crippen LogP contribution in [0.15, 0.2) is 16.8 Å². The molecule has 0 fully saturated rings. The van der Waals surface area contributed by atoms with Crippen LogP contribution < -0.4 is 11.3 Å². The number of thiophene rings is 1. The minimum atomic E-state index is 0.0635. The highest BCUT2D eigenvalue weighted by atomic mass is 35.5. The van der Waals surface area contributed by atoms with Crippen molar-refractivity contribution in [3.63, 3.8) is 0 Å². The zero-order chi connectivity index (χ0) is 12.4. The van der Waals surface area contributed by atoms with Crippen LogP contribution in [0.5, 0.6) is 0 Å². The van der Waals surface area contributed by atoms with Crippen molar-refractivity contribution in [1.82, 2.24) is 15.2 Å². The predicted octanol–water partition coefficient (Wildman–Crippen LogP) is 2.19. The quantitative estimate of drug-likeness (QED) is 0.661. The van der Waals surface area contributed by atoms with E-state index in [-0.39, 0.29) is 6.04 Å². The van der Waals surface area contributed by atoms with Gasteiger partial charge in [0.1, 0.15) is 0 Å². The first-order valence-corrected chi connectivity index (χ1v) is 6.61. The van der Waals surface area contributed by atoms with Crippen molar-refractivity contribution in [2.45, 2.75) is 19.4 Å². The first-order valence-electron chi connectivity index (χ1n) is 5.29. The maximum absolute atomic E-state index is 6.23. The maximum Gasteiger partial charge on any atom is 0.0847 e. The molecule has 0 aromatic carbocycles. The van der Waals surface area contributed by atoms with Gasteiger partial charge in [0.2, 0.25) is 0 Å². The van der Waals surface area contributed by atoms with Crippen molar-refractivity contribution in [2.75, 3.05) is 0 Å². The van der Waals surface area contributed by atoms with Crippen molar-refractivity contribution < 1.29 is 0 Å². The SMILES string of the molecule is Cc1nn(C)c(CC(NN)c2ccsc2)c1Cl. The minimum absolute atomic E-state index is 0.0635. The van der Waals surface area contributed by atoms with Crippen LogP contribution in [0.3, 0.4) is 0 Å². The average molecular weight is 271 g/mol. The second-order valence-corrected chi connectivity index (χ2v) is 5.11. The van der Waals surface area contributed by atoms with Gasteiger partial charge in [-0.2, -0.15) is 16.4 Å². The van der Waals surface area contributed by atoms with Gasteiger partial charge in [-0.25, -0.2) is 0 Å². The normalized spacial score (nSPS) is 12.9. The molecule has 0 saturated heterocycles. The largest absolute Gasteiger partial charge is 0.271 e. The minimum Gasteiger partial charge on any atom is -0.271 e. The zero-order valence-corrected chi connectivity index (χ0v) is 11.3. The molecule has 2 aromatic rings. The summed E-state index contributed by atoms with van der Waals surface area (Å²) in [6.45, 7) is 1.90. The number of aryl methyl sites for hydroxylation is 2. The summed E-state index contributed by atoms with van der Waals surface area (Å²) in [6.07, 6.45) is 0.726. The lowest BCUT2D eigenvalue weighted by Crippen LogP contribution is -2.29. The Balaban J connectivity index is 2.24. The molecule has 17 heavy (non-hydrogen) atoms. The molecule has 1 unspecified atom stereocenters. The third kappa shape index (κ3) is 2.52. The lowest BCUT2D eigenvalue weighted by Gasteiger charge is -2.14. The smallest absolute Gasteiger partial charge is 0.0847 e. The fraction of sp³-hybridized carbons (Fsp3) is 0.364. The molecule has 6 heteroatoms. The van der Waals surface area contributed by atoms with E-state index in [0.29, 0.717) is 0 Å². The van der Waals surface area contributed by atoms with Crippen molar-refractivity contribution in [1.29, 1.82) is 0 Å². The third-order valence-corrected chi connectivity index (χ3v) is 4.00. The molecule has 92 valence electrons. The van der Waals surface area contributed by atoms with Crippen molar-refractivity contribution in [3.8, 4) is 0 Å². The number of nitrogens with zero attached hydrogens (tertiary/aromatic N) is 2. The number of hydrazine groups is 1. The molecular weight excluding hydrogens is 256 g/mol. The summed E-state index contributed by atoms with van der Waals surface area (Å²) in [6, 6.07) is 2.13. The van der Waals surface area contributed by atoms with Crippen LogP contribution >= 0.6 is 22.9 Å². The van der Waals surface area contributed by atoms with E-state index in [1.54, 1.807) is 11.3 Å². The van der Waals surface area contributed by atoms with Gasteiger partial charge in [-0.05, 0) is 29.3 Å². The van der Waals surface area contributed by atoms with Gasteiger partial charge in [0, 0.05) is 13.5 Å². The number of rotatable bonds is 4. The molecule has 0 spiro atoms. The first kappa shape index (κ1) is 12.6. The third-order valence-electron chi connectivity index (χ3n) is 2.81. The van der Waals surface area contributed by atoms with Gasteiger partial charge in [-0.3, -0.25) is 16.0 Å². The Morgan fingerprint density at radius 2 is 2.41 bits per heavy atom. The Labute approximate surface area is 109 Å². The summed E-state index contributed by atoms with van der Waals surface area (Å²) in [5.41, 5.74) is 5.85. The standard InChI is InChI=1S/C11H15ClN4S/c1-7-11(12)10(16(2)15-7)5-9(14-13)8-3-4-17-6-8/h3-4,6,9,14H,5,13H2,1-2H3. The lowest BCUT2D eigenvalue weighted by atomic mass is 10.1. The number of aromatic nitrogens is 2. The van der Waals surface area contributed by atoms with Crippen LogP contribution in [0.4, 0.5) is 0 Å². The van der Waals surface area contributed by atoms with Gasteiger partial charge in [-0.15, -0.1) is 0 Å². The summed E-state index contributed by atoms with van der Waals surface area (Å²) in [4.78, 5) is 0. The summed E-state index contributed by atoms with van der Waals surface area (Å²) in [7, 11) is 1.90. The second-order valence-electron chi connectivity index (χ2n) is 3.95. The average Bonchev–Trinajstić information content (AvgIpc) is 2.89. The Kier molecular flexibility index (Phi) is 3.83. The molecule has 0 bridgehead atoms. The second kappa shape index (κ2) is 5.18. The summed E-state index contributed by atoms with van der Waals surface area (Å²) >= 11 is 7.88. The molecule has 1 atom stereocenters. The van der Waals surface area contributed by atoms with E-state index in [1.807, 2.05) is 24.0 Å². The Bertz CT molecular complexity index is 492. The fourth-order valence-electron chi connectivity index (χ4n) is 1.84. The van der Waals surface area contributed by atoms with E-state index in [0.717, 1.165) is 22.8 Å². The van der Waals surface area contributed by atoms with Gasteiger partial charge in [0.25, 0.3) is 0 Å². The monoisotopic (exact) mass is 270 g/mol. The molecule has 0 aliphatic rings. The molecule has 4 nitrogen and oxygen atoms in total. The van der Waals surface area contributed by atoms with Gasteiger partial charge in [-0.1, -0.05) is 11.6 Å². The highest BCUT2D eigenvalue weighted by Crippen LogP contribution is 2.26. The van der Waals surface area contributed by atoms with E-state index in [4.69, 9.17) is 17.4 Å². The predicted molar refractivity (Wildman–Crippen MR) is 71.0 cm³/mol. The van der Waals surface area contributed by atoms with Crippen LogP contribution in [0.2, 0.25) is 5.02 Å². The van der Waals surface area contributed by atoms with Gasteiger partial charge < -0.3 is 0 Å². The molecule has 2 aromatic heterocycles. The molecule has 0 aliphatic heterocycles. The summed E-state index contributed by atoms with van der Waals surface area (Å²) in [5.74, 6) is 5.60. The molecule has 0 saturated carbocycles. The Morgan fingerprint density at radius 3 is 2.88 bits per heavy atom. The van der Waals surface area contributed by atoms with E-state index >= 15 is 0 Å². The van der Waals surface area contributed by atoms with Crippen molar-refractivity contribution >= 4 is 22.9 Å². The molecule has 2 rings (SSSR count).